The molecule has 2 aromatic heterocycles. The van der Waals surface area contributed by atoms with Crippen molar-refractivity contribution in [2.75, 3.05) is 36.9 Å². The Bertz CT molecular complexity index is 1490. The minimum atomic E-state index is -0.525. The zero-order valence-electron chi connectivity index (χ0n) is 20.4. The average molecular weight is 539 g/mol. The van der Waals surface area contributed by atoms with Gasteiger partial charge in [0.15, 0.2) is 5.82 Å². The van der Waals surface area contributed by atoms with E-state index in [4.69, 9.17) is 23.2 Å². The van der Waals surface area contributed by atoms with E-state index in [1.807, 2.05) is 28.9 Å². The minimum absolute atomic E-state index is 0.0243. The first-order chi connectivity index (χ1) is 17.9. The SMILES string of the molecule is CCN1CCC(n2cc(N(C)c3cc(Cl)c4ncc(C#N)c(Nc5ccc(F)c(Cl)c5)c4c3)nn2)CC1. The number of anilines is 4. The number of piperidine rings is 1. The fourth-order valence-electron chi connectivity index (χ4n) is 4.61. The maximum atomic E-state index is 13.7. The largest absolute Gasteiger partial charge is 0.354 e. The van der Waals surface area contributed by atoms with Gasteiger partial charge < -0.3 is 15.1 Å². The second-order valence-electron chi connectivity index (χ2n) is 9.02. The summed E-state index contributed by atoms with van der Waals surface area (Å²) in [6.45, 7) is 5.35. The summed E-state index contributed by atoms with van der Waals surface area (Å²) in [5.74, 6) is 0.154. The first-order valence-electron chi connectivity index (χ1n) is 12.0. The van der Waals surface area contributed by atoms with Crippen LogP contribution in [-0.2, 0) is 0 Å². The quantitative estimate of drug-likeness (QED) is 0.307. The third-order valence-electron chi connectivity index (χ3n) is 6.83. The molecule has 11 heteroatoms. The number of halogens is 3. The van der Waals surface area contributed by atoms with Gasteiger partial charge in [-0.3, -0.25) is 4.98 Å². The zero-order chi connectivity index (χ0) is 26.1. The van der Waals surface area contributed by atoms with Crippen LogP contribution in [0.25, 0.3) is 10.9 Å². The molecule has 8 nitrogen and oxygen atoms in total. The lowest BCUT2D eigenvalue weighted by Gasteiger charge is -2.30. The maximum Gasteiger partial charge on any atom is 0.175 e. The monoisotopic (exact) mass is 538 g/mol. The van der Waals surface area contributed by atoms with Gasteiger partial charge >= 0.3 is 0 Å². The van der Waals surface area contributed by atoms with Gasteiger partial charge in [0.1, 0.15) is 11.9 Å². The lowest BCUT2D eigenvalue weighted by atomic mass is 10.1. The molecule has 2 aromatic carbocycles. The number of hydrogen-bond acceptors (Lipinski definition) is 7. The van der Waals surface area contributed by atoms with E-state index in [0.29, 0.717) is 44.7 Å². The molecule has 0 atom stereocenters. The van der Waals surface area contributed by atoms with Crippen molar-refractivity contribution in [2.45, 2.75) is 25.8 Å². The molecule has 1 aliphatic heterocycles. The summed E-state index contributed by atoms with van der Waals surface area (Å²) in [6.07, 6.45) is 5.48. The molecule has 4 aromatic rings. The van der Waals surface area contributed by atoms with Gasteiger partial charge in [-0.15, -0.1) is 5.10 Å². The Balaban J connectivity index is 1.49. The van der Waals surface area contributed by atoms with Gasteiger partial charge in [-0.2, -0.15) is 5.26 Å². The van der Waals surface area contributed by atoms with Gasteiger partial charge in [0.25, 0.3) is 0 Å². The van der Waals surface area contributed by atoms with Gasteiger partial charge in [0.05, 0.1) is 39.1 Å². The summed E-state index contributed by atoms with van der Waals surface area (Å²) in [4.78, 5) is 8.74. The second-order valence-corrected chi connectivity index (χ2v) is 9.83. The number of nitriles is 1. The Morgan fingerprint density at radius 3 is 2.68 bits per heavy atom. The van der Waals surface area contributed by atoms with Crippen molar-refractivity contribution in [1.29, 1.82) is 5.26 Å². The highest BCUT2D eigenvalue weighted by atomic mass is 35.5. The van der Waals surface area contributed by atoms with Crippen LogP contribution < -0.4 is 10.2 Å². The van der Waals surface area contributed by atoms with Crippen LogP contribution in [0, 0.1) is 17.1 Å². The fraction of sp³-hybridized carbons (Fsp3) is 0.308. The van der Waals surface area contributed by atoms with Crippen molar-refractivity contribution in [3.8, 4) is 6.07 Å². The summed E-state index contributed by atoms with van der Waals surface area (Å²) in [5.41, 5.74) is 2.62. The number of benzene rings is 2. The molecule has 5 rings (SSSR count). The molecule has 1 fully saturated rings. The molecule has 0 aliphatic carbocycles. The smallest absolute Gasteiger partial charge is 0.175 e. The van der Waals surface area contributed by atoms with Crippen molar-refractivity contribution < 1.29 is 4.39 Å². The van der Waals surface area contributed by atoms with Crippen molar-refractivity contribution in [2.24, 2.45) is 0 Å². The van der Waals surface area contributed by atoms with Crippen LogP contribution in [0.5, 0.6) is 0 Å². The van der Waals surface area contributed by atoms with Crippen LogP contribution in [0.3, 0.4) is 0 Å². The molecular formula is C26H25Cl2FN8. The number of nitrogens with zero attached hydrogens (tertiary/aromatic N) is 7. The molecule has 0 unspecified atom stereocenters. The number of nitrogens with one attached hydrogen (secondary N) is 1. The summed E-state index contributed by atoms with van der Waals surface area (Å²) < 4.78 is 15.6. The second kappa shape index (κ2) is 10.5. The van der Waals surface area contributed by atoms with Crippen LogP contribution in [0.2, 0.25) is 10.0 Å². The summed E-state index contributed by atoms with van der Waals surface area (Å²) in [6, 6.07) is 10.5. The number of aromatic nitrogens is 4. The van der Waals surface area contributed by atoms with Crippen molar-refractivity contribution >= 4 is 57.0 Å². The van der Waals surface area contributed by atoms with Gasteiger partial charge in [-0.1, -0.05) is 35.3 Å². The molecule has 0 amide bonds. The minimum Gasteiger partial charge on any atom is -0.354 e. The normalized spacial score (nSPS) is 14.6. The van der Waals surface area contributed by atoms with Crippen LogP contribution in [0.4, 0.5) is 27.3 Å². The molecule has 0 saturated carbocycles. The molecule has 0 spiro atoms. The van der Waals surface area contributed by atoms with Crippen LogP contribution >= 0.6 is 23.2 Å². The van der Waals surface area contributed by atoms with E-state index in [9.17, 15) is 9.65 Å². The van der Waals surface area contributed by atoms with Crippen LogP contribution in [0.1, 0.15) is 31.4 Å². The Morgan fingerprint density at radius 2 is 1.97 bits per heavy atom. The molecule has 1 N–H and O–H groups in total. The molecule has 37 heavy (non-hydrogen) atoms. The standard InChI is InChI=1S/C26H25Cl2FN8/c1-3-36-8-6-18(7-9-36)37-15-24(33-34-37)35(2)19-11-20-25(32-17-4-5-23(29)21(27)10-17)16(13-30)14-31-26(20)22(28)12-19/h4-5,10-12,14-15,18H,3,6-9H2,1-2H3,(H,31,32). The molecular weight excluding hydrogens is 514 g/mol. The maximum absolute atomic E-state index is 13.7. The van der Waals surface area contributed by atoms with E-state index in [2.05, 4.69) is 38.5 Å². The zero-order valence-corrected chi connectivity index (χ0v) is 21.9. The average Bonchev–Trinajstić information content (AvgIpc) is 3.41. The highest BCUT2D eigenvalue weighted by Gasteiger charge is 2.22. The molecule has 1 saturated heterocycles. The van der Waals surface area contributed by atoms with E-state index in [-0.39, 0.29) is 5.02 Å². The number of rotatable bonds is 6. The Hall–Kier alpha value is -3.45. The molecule has 190 valence electrons. The van der Waals surface area contributed by atoms with Crippen molar-refractivity contribution in [1.82, 2.24) is 24.9 Å². The number of fused-ring (bicyclic) bond motifs is 1. The summed E-state index contributed by atoms with van der Waals surface area (Å²) >= 11 is 12.6. The van der Waals surface area contributed by atoms with Crippen molar-refractivity contribution in [3.63, 3.8) is 0 Å². The summed E-state index contributed by atoms with van der Waals surface area (Å²) in [5, 5.41) is 22.8. The third kappa shape index (κ3) is 5.05. The predicted octanol–water partition coefficient (Wildman–Crippen LogP) is 6.31. The molecule has 0 bridgehead atoms. The Kier molecular flexibility index (Phi) is 7.15. The Labute approximate surface area is 224 Å². The Morgan fingerprint density at radius 1 is 1.19 bits per heavy atom. The van der Waals surface area contributed by atoms with E-state index in [1.165, 1.54) is 18.3 Å². The first kappa shape index (κ1) is 25.2. The van der Waals surface area contributed by atoms with Gasteiger partial charge in [0.2, 0.25) is 0 Å². The van der Waals surface area contributed by atoms with E-state index >= 15 is 0 Å². The van der Waals surface area contributed by atoms with E-state index in [1.54, 1.807) is 12.1 Å². The lowest BCUT2D eigenvalue weighted by Crippen LogP contribution is -2.34. The summed E-state index contributed by atoms with van der Waals surface area (Å²) in [7, 11) is 1.89. The van der Waals surface area contributed by atoms with E-state index in [0.717, 1.165) is 38.2 Å². The predicted molar refractivity (Wildman–Crippen MR) is 145 cm³/mol. The molecule has 1 aliphatic rings. The van der Waals surface area contributed by atoms with Crippen LogP contribution in [-0.4, -0.2) is 51.6 Å². The first-order valence-corrected chi connectivity index (χ1v) is 12.8. The lowest BCUT2D eigenvalue weighted by molar-refractivity contribution is 0.186. The van der Waals surface area contributed by atoms with Crippen molar-refractivity contribution in [3.05, 3.63) is 64.2 Å². The topological polar surface area (TPSA) is 85.9 Å². The number of likely N-dealkylation sites (tertiary alicyclic amines) is 1. The molecule has 3 heterocycles. The molecule has 0 radical (unpaired) electrons. The van der Waals surface area contributed by atoms with Gasteiger partial charge in [0, 0.05) is 43.1 Å². The number of pyridine rings is 1. The highest BCUT2D eigenvalue weighted by molar-refractivity contribution is 6.36. The third-order valence-corrected chi connectivity index (χ3v) is 7.40. The fourth-order valence-corrected chi connectivity index (χ4v) is 5.05. The van der Waals surface area contributed by atoms with E-state index < -0.39 is 5.82 Å². The van der Waals surface area contributed by atoms with Crippen LogP contribution in [0.15, 0.2) is 42.7 Å². The highest BCUT2D eigenvalue weighted by Crippen LogP contribution is 2.37. The number of hydrogen-bond donors (Lipinski definition) is 1. The van der Waals surface area contributed by atoms with Gasteiger partial charge in [-0.25, -0.2) is 9.07 Å². The van der Waals surface area contributed by atoms with Gasteiger partial charge in [-0.05, 0) is 49.7 Å².